The normalized spacial score (nSPS) is 24.3. The topological polar surface area (TPSA) is 75.3 Å². The zero-order valence-corrected chi connectivity index (χ0v) is 7.60. The van der Waals surface area contributed by atoms with Crippen LogP contribution in [0.2, 0.25) is 0 Å². The quantitative estimate of drug-likeness (QED) is 0.620. The van der Waals surface area contributed by atoms with Crippen LogP contribution in [-0.2, 0) is 0 Å². The van der Waals surface area contributed by atoms with Gasteiger partial charge in [-0.1, -0.05) is 12.1 Å². The smallest absolute Gasteiger partial charge is 0.404 e. The molecule has 4 nitrogen and oxygen atoms in total. The number of amides is 1. The largest absolute Gasteiger partial charge is 0.465 e. The van der Waals surface area contributed by atoms with Crippen molar-refractivity contribution in [2.75, 3.05) is 5.73 Å². The lowest BCUT2D eigenvalue weighted by Gasteiger charge is -2.01. The fourth-order valence-corrected chi connectivity index (χ4v) is 1.67. The Morgan fingerprint density at radius 2 is 2.36 bits per heavy atom. The zero-order valence-electron chi connectivity index (χ0n) is 7.60. The van der Waals surface area contributed by atoms with Crippen LogP contribution in [0, 0.1) is 0 Å². The summed E-state index contributed by atoms with van der Waals surface area (Å²) in [6.45, 7) is 0. The van der Waals surface area contributed by atoms with Crippen molar-refractivity contribution in [3.63, 3.8) is 0 Å². The number of rotatable bonds is 2. The fraction of sp³-hybridized carbons (Fsp3) is 0.300. The molecule has 0 radical (unpaired) electrons. The minimum atomic E-state index is -0.957. The van der Waals surface area contributed by atoms with Gasteiger partial charge in [-0.2, -0.15) is 0 Å². The lowest BCUT2D eigenvalue weighted by molar-refractivity contribution is 0.193. The molecule has 2 rings (SSSR count). The maximum Gasteiger partial charge on any atom is 0.404 e. The Morgan fingerprint density at radius 1 is 1.57 bits per heavy atom. The highest BCUT2D eigenvalue weighted by molar-refractivity contribution is 5.66. The second-order valence-corrected chi connectivity index (χ2v) is 3.57. The molecule has 1 fully saturated rings. The number of anilines is 1. The molecule has 1 amide bonds. The lowest BCUT2D eigenvalue weighted by Crippen LogP contribution is -2.24. The molecule has 0 saturated heterocycles. The van der Waals surface area contributed by atoms with Crippen molar-refractivity contribution >= 4 is 11.8 Å². The first-order valence-corrected chi connectivity index (χ1v) is 4.51. The van der Waals surface area contributed by atoms with Crippen LogP contribution in [-0.4, -0.2) is 17.2 Å². The Bertz CT molecular complexity index is 365. The standard InChI is InChI=1S/C10H12N2O2/c11-7-3-1-2-6(4-7)8-5-9(8)12-10(13)14/h1-4,8-9,12H,5,11H2,(H,13,14). The number of carbonyl (C=O) groups is 1. The maximum atomic E-state index is 10.4. The van der Waals surface area contributed by atoms with E-state index in [-0.39, 0.29) is 6.04 Å². The molecule has 2 atom stereocenters. The van der Waals surface area contributed by atoms with E-state index in [2.05, 4.69) is 5.32 Å². The third kappa shape index (κ3) is 1.79. The number of nitrogen functional groups attached to an aromatic ring is 1. The molecule has 1 saturated carbocycles. The third-order valence-electron chi connectivity index (χ3n) is 2.44. The van der Waals surface area contributed by atoms with Gasteiger partial charge in [-0.05, 0) is 24.1 Å². The molecule has 4 N–H and O–H groups in total. The maximum absolute atomic E-state index is 10.4. The van der Waals surface area contributed by atoms with E-state index in [1.807, 2.05) is 24.3 Å². The van der Waals surface area contributed by atoms with Crippen molar-refractivity contribution in [2.24, 2.45) is 0 Å². The number of carboxylic acid groups (broad SMARTS) is 1. The van der Waals surface area contributed by atoms with E-state index in [4.69, 9.17) is 10.8 Å². The summed E-state index contributed by atoms with van der Waals surface area (Å²) in [5, 5.41) is 11.0. The number of hydrogen-bond acceptors (Lipinski definition) is 2. The molecular weight excluding hydrogens is 180 g/mol. The monoisotopic (exact) mass is 192 g/mol. The van der Waals surface area contributed by atoms with Crippen molar-refractivity contribution in [3.05, 3.63) is 29.8 Å². The minimum Gasteiger partial charge on any atom is -0.465 e. The van der Waals surface area contributed by atoms with Crippen LogP contribution in [0.5, 0.6) is 0 Å². The Balaban J connectivity index is 2.02. The summed E-state index contributed by atoms with van der Waals surface area (Å²) >= 11 is 0. The minimum absolute atomic E-state index is 0.0642. The van der Waals surface area contributed by atoms with E-state index in [1.165, 1.54) is 0 Å². The van der Waals surface area contributed by atoms with Crippen LogP contribution in [0.4, 0.5) is 10.5 Å². The fourth-order valence-electron chi connectivity index (χ4n) is 1.67. The summed E-state index contributed by atoms with van der Waals surface area (Å²) in [5.41, 5.74) is 7.47. The Kier molecular flexibility index (Phi) is 2.04. The van der Waals surface area contributed by atoms with Gasteiger partial charge in [0.05, 0.1) is 0 Å². The van der Waals surface area contributed by atoms with E-state index in [9.17, 15) is 4.79 Å². The summed E-state index contributed by atoms with van der Waals surface area (Å²) in [6, 6.07) is 7.65. The van der Waals surface area contributed by atoms with E-state index in [0.717, 1.165) is 17.7 Å². The highest BCUT2D eigenvalue weighted by Crippen LogP contribution is 2.41. The van der Waals surface area contributed by atoms with Gasteiger partial charge in [0.15, 0.2) is 0 Å². The first-order chi connectivity index (χ1) is 6.66. The molecule has 0 aliphatic heterocycles. The van der Waals surface area contributed by atoms with Crippen LogP contribution in [0.15, 0.2) is 24.3 Å². The highest BCUT2D eigenvalue weighted by Gasteiger charge is 2.39. The van der Waals surface area contributed by atoms with Crippen molar-refractivity contribution in [1.82, 2.24) is 5.32 Å². The van der Waals surface area contributed by atoms with E-state index >= 15 is 0 Å². The van der Waals surface area contributed by atoms with Crippen LogP contribution >= 0.6 is 0 Å². The van der Waals surface area contributed by atoms with Crippen LogP contribution in [0.3, 0.4) is 0 Å². The van der Waals surface area contributed by atoms with Gasteiger partial charge in [0, 0.05) is 17.6 Å². The molecule has 0 bridgehead atoms. The summed E-state index contributed by atoms with van der Waals surface area (Å²) in [5.74, 6) is 0.301. The van der Waals surface area contributed by atoms with Gasteiger partial charge in [0.1, 0.15) is 0 Å². The summed E-state index contributed by atoms with van der Waals surface area (Å²) in [4.78, 5) is 10.4. The van der Waals surface area contributed by atoms with Crippen molar-refractivity contribution in [1.29, 1.82) is 0 Å². The molecule has 0 aromatic heterocycles. The molecule has 1 aliphatic carbocycles. The molecular formula is C10H12N2O2. The first kappa shape index (κ1) is 8.87. The van der Waals surface area contributed by atoms with E-state index < -0.39 is 6.09 Å². The molecule has 1 aliphatic rings. The van der Waals surface area contributed by atoms with Gasteiger partial charge in [-0.15, -0.1) is 0 Å². The van der Waals surface area contributed by atoms with Crippen LogP contribution < -0.4 is 11.1 Å². The van der Waals surface area contributed by atoms with E-state index in [1.54, 1.807) is 0 Å². The van der Waals surface area contributed by atoms with Crippen LogP contribution in [0.1, 0.15) is 17.9 Å². The van der Waals surface area contributed by atoms with Gasteiger partial charge >= 0.3 is 6.09 Å². The molecule has 1 aromatic carbocycles. The number of nitrogens with two attached hydrogens (primary N) is 1. The number of benzene rings is 1. The Morgan fingerprint density at radius 3 is 3.00 bits per heavy atom. The van der Waals surface area contributed by atoms with Crippen molar-refractivity contribution < 1.29 is 9.90 Å². The molecule has 1 aromatic rings. The summed E-state index contributed by atoms with van der Waals surface area (Å²) in [7, 11) is 0. The Hall–Kier alpha value is -1.71. The predicted molar refractivity (Wildman–Crippen MR) is 53.2 cm³/mol. The average molecular weight is 192 g/mol. The Labute approximate surface area is 81.7 Å². The molecule has 4 heteroatoms. The average Bonchev–Trinajstić information content (AvgIpc) is 2.82. The van der Waals surface area contributed by atoms with Gasteiger partial charge in [-0.25, -0.2) is 4.79 Å². The predicted octanol–water partition coefficient (Wildman–Crippen LogP) is 1.39. The molecule has 74 valence electrons. The third-order valence-corrected chi connectivity index (χ3v) is 2.44. The highest BCUT2D eigenvalue weighted by atomic mass is 16.4. The van der Waals surface area contributed by atoms with E-state index in [0.29, 0.717) is 5.92 Å². The molecule has 0 heterocycles. The number of nitrogens with one attached hydrogen (secondary N) is 1. The molecule has 14 heavy (non-hydrogen) atoms. The second-order valence-electron chi connectivity index (χ2n) is 3.57. The molecule has 2 unspecified atom stereocenters. The lowest BCUT2D eigenvalue weighted by atomic mass is 10.1. The van der Waals surface area contributed by atoms with Gasteiger partial charge in [0.25, 0.3) is 0 Å². The number of hydrogen-bond donors (Lipinski definition) is 3. The van der Waals surface area contributed by atoms with Gasteiger partial charge in [-0.3, -0.25) is 0 Å². The first-order valence-electron chi connectivity index (χ1n) is 4.51. The summed E-state index contributed by atoms with van der Waals surface area (Å²) < 4.78 is 0. The second kappa shape index (κ2) is 3.21. The summed E-state index contributed by atoms with van der Waals surface area (Å²) in [6.07, 6.45) is -0.0862. The van der Waals surface area contributed by atoms with Gasteiger partial charge in [0.2, 0.25) is 0 Å². The zero-order chi connectivity index (χ0) is 10.1. The van der Waals surface area contributed by atoms with Crippen molar-refractivity contribution in [2.45, 2.75) is 18.4 Å². The SMILES string of the molecule is Nc1cccc(C2CC2NC(=O)O)c1. The molecule has 0 spiro atoms. The van der Waals surface area contributed by atoms with Crippen LogP contribution in [0.25, 0.3) is 0 Å². The van der Waals surface area contributed by atoms with Gasteiger partial charge < -0.3 is 16.2 Å². The van der Waals surface area contributed by atoms with Crippen molar-refractivity contribution in [3.8, 4) is 0 Å².